The van der Waals surface area contributed by atoms with Gasteiger partial charge in [-0.25, -0.2) is 14.8 Å². The molecule has 0 unspecified atom stereocenters. The number of esters is 1. The van der Waals surface area contributed by atoms with Gasteiger partial charge in [-0.1, -0.05) is 17.7 Å². The number of anilines is 1. The maximum Gasteiger partial charge on any atom is 0.362 e. The van der Waals surface area contributed by atoms with Gasteiger partial charge in [0.05, 0.1) is 0 Å². The summed E-state index contributed by atoms with van der Waals surface area (Å²) in [4.78, 5) is 19.2. The van der Waals surface area contributed by atoms with Gasteiger partial charge >= 0.3 is 5.97 Å². The molecule has 0 amide bonds. The SMILES string of the molecule is Cc1ccc(OC(=O)c2ccnc(N)n2)cc1. The third-order valence-corrected chi connectivity index (χ3v) is 2.11. The van der Waals surface area contributed by atoms with E-state index in [0.717, 1.165) is 5.56 Å². The third kappa shape index (κ3) is 2.78. The molecule has 1 aromatic heterocycles. The molecule has 17 heavy (non-hydrogen) atoms. The summed E-state index contributed by atoms with van der Waals surface area (Å²) in [7, 11) is 0. The number of carbonyl (C=O) groups excluding carboxylic acids is 1. The standard InChI is InChI=1S/C12H11N3O2/c1-8-2-4-9(5-3-8)17-11(16)10-6-7-14-12(13)15-10/h2-7H,1H3,(H2,13,14,15). The van der Waals surface area contributed by atoms with Crippen LogP contribution in [0.4, 0.5) is 5.95 Å². The molecule has 0 atom stereocenters. The van der Waals surface area contributed by atoms with Crippen LogP contribution in [0, 0.1) is 6.92 Å². The first-order chi connectivity index (χ1) is 8.15. The highest BCUT2D eigenvalue weighted by atomic mass is 16.5. The lowest BCUT2D eigenvalue weighted by Crippen LogP contribution is -2.12. The predicted molar refractivity (Wildman–Crippen MR) is 62.6 cm³/mol. The van der Waals surface area contributed by atoms with Crippen molar-refractivity contribution >= 4 is 11.9 Å². The highest BCUT2D eigenvalue weighted by Crippen LogP contribution is 2.13. The second-order valence-electron chi connectivity index (χ2n) is 3.50. The van der Waals surface area contributed by atoms with Gasteiger partial charge in [-0.05, 0) is 25.1 Å². The molecule has 2 aromatic rings. The molecule has 2 rings (SSSR count). The van der Waals surface area contributed by atoms with Crippen LogP contribution in [0.2, 0.25) is 0 Å². The molecule has 0 saturated heterocycles. The Morgan fingerprint density at radius 2 is 1.94 bits per heavy atom. The predicted octanol–water partition coefficient (Wildman–Crippen LogP) is 1.59. The second-order valence-corrected chi connectivity index (χ2v) is 3.50. The molecule has 0 aliphatic rings. The molecular weight excluding hydrogens is 218 g/mol. The Balaban J connectivity index is 2.14. The van der Waals surface area contributed by atoms with Gasteiger partial charge < -0.3 is 10.5 Å². The smallest absolute Gasteiger partial charge is 0.362 e. The first kappa shape index (κ1) is 11.1. The summed E-state index contributed by atoms with van der Waals surface area (Å²) in [6.07, 6.45) is 1.41. The van der Waals surface area contributed by atoms with Crippen molar-refractivity contribution in [3.05, 3.63) is 47.8 Å². The minimum absolute atomic E-state index is 0.0448. The van der Waals surface area contributed by atoms with Gasteiger partial charge in [0, 0.05) is 6.20 Å². The molecule has 0 saturated carbocycles. The van der Waals surface area contributed by atoms with Crippen LogP contribution in [0.15, 0.2) is 36.5 Å². The van der Waals surface area contributed by atoms with Crippen LogP contribution >= 0.6 is 0 Å². The maximum absolute atomic E-state index is 11.7. The zero-order valence-electron chi connectivity index (χ0n) is 9.25. The summed E-state index contributed by atoms with van der Waals surface area (Å²) in [5.41, 5.74) is 6.61. The molecule has 0 aliphatic carbocycles. The van der Waals surface area contributed by atoms with E-state index in [-0.39, 0.29) is 11.6 Å². The molecule has 0 fully saturated rings. The van der Waals surface area contributed by atoms with Gasteiger partial charge in [0.25, 0.3) is 0 Å². The van der Waals surface area contributed by atoms with Crippen molar-refractivity contribution < 1.29 is 9.53 Å². The zero-order valence-corrected chi connectivity index (χ0v) is 9.25. The third-order valence-electron chi connectivity index (χ3n) is 2.11. The maximum atomic E-state index is 11.7. The molecule has 1 heterocycles. The van der Waals surface area contributed by atoms with E-state index < -0.39 is 5.97 Å². The van der Waals surface area contributed by atoms with Gasteiger partial charge in [-0.15, -0.1) is 0 Å². The van der Waals surface area contributed by atoms with Gasteiger partial charge in [0.2, 0.25) is 5.95 Å². The largest absolute Gasteiger partial charge is 0.422 e. The van der Waals surface area contributed by atoms with Crippen molar-refractivity contribution in [3.8, 4) is 5.75 Å². The van der Waals surface area contributed by atoms with Crippen LogP contribution < -0.4 is 10.5 Å². The van der Waals surface area contributed by atoms with E-state index in [2.05, 4.69) is 9.97 Å². The van der Waals surface area contributed by atoms with E-state index in [0.29, 0.717) is 5.75 Å². The monoisotopic (exact) mass is 229 g/mol. The minimum Gasteiger partial charge on any atom is -0.422 e. The van der Waals surface area contributed by atoms with Crippen LogP contribution in [0.25, 0.3) is 0 Å². The lowest BCUT2D eigenvalue weighted by atomic mass is 10.2. The summed E-state index contributed by atoms with van der Waals surface area (Å²) in [5, 5.41) is 0. The number of carbonyl (C=O) groups is 1. The van der Waals surface area contributed by atoms with Gasteiger partial charge in [0.15, 0.2) is 5.69 Å². The summed E-state index contributed by atoms with van der Waals surface area (Å²) >= 11 is 0. The van der Waals surface area contributed by atoms with Crippen LogP contribution in [-0.2, 0) is 0 Å². The lowest BCUT2D eigenvalue weighted by molar-refractivity contribution is 0.0728. The number of rotatable bonds is 2. The van der Waals surface area contributed by atoms with Crippen molar-refractivity contribution in [1.82, 2.24) is 9.97 Å². The average Bonchev–Trinajstić information content (AvgIpc) is 2.32. The number of nitrogens with zero attached hydrogens (tertiary/aromatic N) is 2. The number of hydrogen-bond donors (Lipinski definition) is 1. The van der Waals surface area contributed by atoms with Crippen molar-refractivity contribution in [2.24, 2.45) is 0 Å². The fraction of sp³-hybridized carbons (Fsp3) is 0.0833. The van der Waals surface area contributed by atoms with Gasteiger partial charge in [-0.3, -0.25) is 0 Å². The highest BCUT2D eigenvalue weighted by molar-refractivity contribution is 5.89. The molecule has 2 N–H and O–H groups in total. The van der Waals surface area contributed by atoms with Crippen molar-refractivity contribution in [3.63, 3.8) is 0 Å². The summed E-state index contributed by atoms with van der Waals surface area (Å²) < 4.78 is 5.13. The molecule has 86 valence electrons. The topological polar surface area (TPSA) is 78.1 Å². The van der Waals surface area contributed by atoms with E-state index >= 15 is 0 Å². The minimum atomic E-state index is -0.553. The molecule has 0 bridgehead atoms. The van der Waals surface area contributed by atoms with Crippen molar-refractivity contribution in [1.29, 1.82) is 0 Å². The number of aromatic nitrogens is 2. The Labute approximate surface area is 98.3 Å². The highest BCUT2D eigenvalue weighted by Gasteiger charge is 2.10. The number of ether oxygens (including phenoxy) is 1. The van der Waals surface area contributed by atoms with E-state index in [1.807, 2.05) is 19.1 Å². The van der Waals surface area contributed by atoms with E-state index in [1.54, 1.807) is 12.1 Å². The number of aryl methyl sites for hydroxylation is 1. The summed E-state index contributed by atoms with van der Waals surface area (Å²) in [5.74, 6) is -0.0379. The molecular formula is C12H11N3O2. The Morgan fingerprint density at radius 1 is 1.24 bits per heavy atom. The average molecular weight is 229 g/mol. The second kappa shape index (κ2) is 4.61. The molecule has 0 spiro atoms. The normalized spacial score (nSPS) is 9.94. The van der Waals surface area contributed by atoms with Crippen LogP contribution in [0.1, 0.15) is 16.1 Å². The fourth-order valence-corrected chi connectivity index (χ4v) is 1.25. The van der Waals surface area contributed by atoms with Crippen LogP contribution in [0.3, 0.4) is 0 Å². The number of benzene rings is 1. The van der Waals surface area contributed by atoms with Gasteiger partial charge in [-0.2, -0.15) is 0 Å². The molecule has 5 heteroatoms. The van der Waals surface area contributed by atoms with E-state index in [4.69, 9.17) is 10.5 Å². The summed E-state index contributed by atoms with van der Waals surface area (Å²) in [6.45, 7) is 1.96. The fourth-order valence-electron chi connectivity index (χ4n) is 1.25. The summed E-state index contributed by atoms with van der Waals surface area (Å²) in [6, 6.07) is 8.61. The lowest BCUT2D eigenvalue weighted by Gasteiger charge is -2.03. The number of hydrogen-bond acceptors (Lipinski definition) is 5. The molecule has 0 radical (unpaired) electrons. The first-order valence-corrected chi connectivity index (χ1v) is 5.02. The quantitative estimate of drug-likeness (QED) is 0.625. The van der Waals surface area contributed by atoms with E-state index in [1.165, 1.54) is 12.3 Å². The molecule has 1 aromatic carbocycles. The number of nitrogens with two attached hydrogens (primary N) is 1. The Morgan fingerprint density at radius 3 is 2.59 bits per heavy atom. The van der Waals surface area contributed by atoms with Crippen molar-refractivity contribution in [2.45, 2.75) is 6.92 Å². The van der Waals surface area contributed by atoms with E-state index in [9.17, 15) is 4.79 Å². The Kier molecular flexibility index (Phi) is 3.00. The number of nitrogen functional groups attached to an aromatic ring is 1. The van der Waals surface area contributed by atoms with Gasteiger partial charge in [0.1, 0.15) is 5.75 Å². The molecule has 5 nitrogen and oxygen atoms in total. The first-order valence-electron chi connectivity index (χ1n) is 5.02. The van der Waals surface area contributed by atoms with Crippen LogP contribution in [-0.4, -0.2) is 15.9 Å². The Bertz CT molecular complexity index is 538. The zero-order chi connectivity index (χ0) is 12.3. The van der Waals surface area contributed by atoms with Crippen molar-refractivity contribution in [2.75, 3.05) is 5.73 Å². The van der Waals surface area contributed by atoms with Crippen LogP contribution in [0.5, 0.6) is 5.75 Å². The Hall–Kier alpha value is -2.43. The molecule has 0 aliphatic heterocycles.